The number of aliphatic carboxylic acids is 2. The Morgan fingerprint density at radius 1 is 0.724 bits per heavy atom. The molecule has 4 nitrogen and oxygen atoms in total. The van der Waals surface area contributed by atoms with Crippen molar-refractivity contribution in [3.8, 4) is 0 Å². The van der Waals surface area contributed by atoms with Crippen LogP contribution in [0, 0.1) is 22.7 Å². The van der Waals surface area contributed by atoms with Gasteiger partial charge < -0.3 is 10.2 Å². The van der Waals surface area contributed by atoms with Crippen molar-refractivity contribution in [1.29, 1.82) is 0 Å². The molecule has 1 fully saturated rings. The third-order valence-electron chi connectivity index (χ3n) is 7.44. The highest BCUT2D eigenvalue weighted by atomic mass is 16.4. The van der Waals surface area contributed by atoms with Crippen molar-refractivity contribution < 1.29 is 19.8 Å². The van der Waals surface area contributed by atoms with Gasteiger partial charge in [0.05, 0.1) is 10.8 Å². The number of carbonyl (C=O) groups is 2. The van der Waals surface area contributed by atoms with Crippen LogP contribution in [0.3, 0.4) is 0 Å². The molecule has 0 bridgehead atoms. The molecule has 1 aliphatic carbocycles. The zero-order chi connectivity index (χ0) is 21.9. The normalized spacial score (nSPS) is 24.9. The number of carboxylic acid groups (broad SMARTS) is 2. The van der Waals surface area contributed by atoms with Gasteiger partial charge in [-0.1, -0.05) is 105 Å². The second kappa shape index (κ2) is 12.6. The Bertz CT molecular complexity index is 499. The molecular formula is C25H46O4. The van der Waals surface area contributed by atoms with E-state index >= 15 is 0 Å². The standard InChI is InChI=1S/C25H46O4/c1-20(2)16-12-10-8-6-5-7-9-11-13-17-24(22(26)27)18-14-15-19-25(24,21(3)4)23(28)29/h20-21H,5-19H2,1-4H3,(H,26,27)(H,28,29). The van der Waals surface area contributed by atoms with Crippen LogP contribution in [0.15, 0.2) is 0 Å². The third kappa shape index (κ3) is 6.72. The summed E-state index contributed by atoms with van der Waals surface area (Å²) in [4.78, 5) is 24.7. The SMILES string of the molecule is CC(C)CCCCCCCCCCCC1(C(=O)O)CCCCC1(C(=O)O)C(C)C. The Balaban J connectivity index is 2.45. The highest BCUT2D eigenvalue weighted by Crippen LogP contribution is 2.58. The van der Waals surface area contributed by atoms with Crippen molar-refractivity contribution in [1.82, 2.24) is 0 Å². The minimum atomic E-state index is -1.13. The van der Waals surface area contributed by atoms with Crippen molar-refractivity contribution in [3.63, 3.8) is 0 Å². The fourth-order valence-corrected chi connectivity index (χ4v) is 5.66. The maximum Gasteiger partial charge on any atom is 0.311 e. The van der Waals surface area contributed by atoms with Crippen LogP contribution in [0.5, 0.6) is 0 Å². The highest BCUT2D eigenvalue weighted by molar-refractivity contribution is 5.87. The lowest BCUT2D eigenvalue weighted by molar-refractivity contribution is -0.187. The molecule has 2 unspecified atom stereocenters. The summed E-state index contributed by atoms with van der Waals surface area (Å²) >= 11 is 0. The van der Waals surface area contributed by atoms with E-state index in [1.54, 1.807) is 0 Å². The number of hydrogen-bond donors (Lipinski definition) is 2. The molecule has 29 heavy (non-hydrogen) atoms. The van der Waals surface area contributed by atoms with Crippen molar-refractivity contribution in [2.24, 2.45) is 22.7 Å². The van der Waals surface area contributed by atoms with Crippen LogP contribution in [0.25, 0.3) is 0 Å². The maximum atomic E-state index is 12.4. The van der Waals surface area contributed by atoms with Gasteiger partial charge >= 0.3 is 11.9 Å². The van der Waals surface area contributed by atoms with Gasteiger partial charge in [0.1, 0.15) is 0 Å². The van der Waals surface area contributed by atoms with Gasteiger partial charge in [-0.2, -0.15) is 0 Å². The zero-order valence-corrected chi connectivity index (χ0v) is 19.5. The predicted molar refractivity (Wildman–Crippen MR) is 119 cm³/mol. The molecular weight excluding hydrogens is 364 g/mol. The van der Waals surface area contributed by atoms with E-state index < -0.39 is 22.8 Å². The van der Waals surface area contributed by atoms with E-state index in [4.69, 9.17) is 0 Å². The zero-order valence-electron chi connectivity index (χ0n) is 19.5. The van der Waals surface area contributed by atoms with E-state index in [1.807, 2.05) is 13.8 Å². The molecule has 170 valence electrons. The van der Waals surface area contributed by atoms with E-state index in [9.17, 15) is 19.8 Å². The summed E-state index contributed by atoms with van der Waals surface area (Å²) in [5.74, 6) is -1.17. The minimum Gasteiger partial charge on any atom is -0.481 e. The first-order chi connectivity index (χ1) is 13.7. The van der Waals surface area contributed by atoms with Crippen LogP contribution in [-0.2, 0) is 9.59 Å². The summed E-state index contributed by atoms with van der Waals surface area (Å²) in [5.41, 5.74) is -2.24. The van der Waals surface area contributed by atoms with Crippen molar-refractivity contribution in [3.05, 3.63) is 0 Å². The second-order valence-electron chi connectivity index (χ2n) is 10.1. The largest absolute Gasteiger partial charge is 0.481 e. The number of hydrogen-bond acceptors (Lipinski definition) is 2. The van der Waals surface area contributed by atoms with Crippen molar-refractivity contribution in [2.75, 3.05) is 0 Å². The molecule has 0 aliphatic heterocycles. The van der Waals surface area contributed by atoms with Gasteiger partial charge in [0.15, 0.2) is 0 Å². The van der Waals surface area contributed by atoms with Gasteiger partial charge in [-0.05, 0) is 31.1 Å². The Labute approximate surface area is 178 Å². The van der Waals surface area contributed by atoms with Crippen LogP contribution in [0.4, 0.5) is 0 Å². The molecule has 0 aromatic heterocycles. The van der Waals surface area contributed by atoms with Gasteiger partial charge in [0.25, 0.3) is 0 Å². The Hall–Kier alpha value is -1.06. The Morgan fingerprint density at radius 2 is 1.21 bits per heavy atom. The average Bonchev–Trinajstić information content (AvgIpc) is 2.65. The summed E-state index contributed by atoms with van der Waals surface area (Å²) in [6.07, 6.45) is 15.2. The topological polar surface area (TPSA) is 74.6 Å². The lowest BCUT2D eigenvalue weighted by atomic mass is 9.50. The second-order valence-corrected chi connectivity index (χ2v) is 10.1. The van der Waals surface area contributed by atoms with Gasteiger partial charge in [0, 0.05) is 0 Å². The molecule has 0 aromatic rings. The van der Waals surface area contributed by atoms with E-state index in [1.165, 1.54) is 44.9 Å². The van der Waals surface area contributed by atoms with Crippen LogP contribution in [-0.4, -0.2) is 22.2 Å². The Kier molecular flexibility index (Phi) is 11.3. The van der Waals surface area contributed by atoms with Gasteiger partial charge in [0.2, 0.25) is 0 Å². The molecule has 2 atom stereocenters. The number of carboxylic acids is 2. The molecule has 0 radical (unpaired) electrons. The third-order valence-corrected chi connectivity index (χ3v) is 7.44. The smallest absolute Gasteiger partial charge is 0.311 e. The highest BCUT2D eigenvalue weighted by Gasteiger charge is 2.63. The first-order valence-corrected chi connectivity index (χ1v) is 12.2. The van der Waals surface area contributed by atoms with Crippen LogP contribution in [0.2, 0.25) is 0 Å². The number of rotatable bonds is 15. The van der Waals surface area contributed by atoms with E-state index in [0.717, 1.165) is 38.0 Å². The van der Waals surface area contributed by atoms with Gasteiger partial charge in [-0.3, -0.25) is 9.59 Å². The van der Waals surface area contributed by atoms with E-state index in [0.29, 0.717) is 19.3 Å². The van der Waals surface area contributed by atoms with Crippen LogP contribution >= 0.6 is 0 Å². The van der Waals surface area contributed by atoms with Crippen LogP contribution in [0.1, 0.15) is 124 Å². The quantitative estimate of drug-likeness (QED) is 0.278. The molecule has 0 aromatic carbocycles. The molecule has 2 N–H and O–H groups in total. The van der Waals surface area contributed by atoms with Gasteiger partial charge in [-0.15, -0.1) is 0 Å². The monoisotopic (exact) mass is 410 g/mol. The summed E-state index contributed by atoms with van der Waals surface area (Å²) < 4.78 is 0. The fraction of sp³-hybridized carbons (Fsp3) is 0.920. The lowest BCUT2D eigenvalue weighted by Crippen LogP contribution is -2.57. The van der Waals surface area contributed by atoms with E-state index in [2.05, 4.69) is 13.8 Å². The summed E-state index contributed by atoms with van der Waals surface area (Å²) in [6.45, 7) is 8.34. The Morgan fingerprint density at radius 3 is 1.66 bits per heavy atom. The first kappa shape index (κ1) is 26.0. The molecule has 0 heterocycles. The van der Waals surface area contributed by atoms with Crippen LogP contribution < -0.4 is 0 Å². The molecule has 0 amide bonds. The maximum absolute atomic E-state index is 12.4. The number of unbranched alkanes of at least 4 members (excludes halogenated alkanes) is 8. The molecule has 0 spiro atoms. The molecule has 1 rings (SSSR count). The summed E-state index contributed by atoms with van der Waals surface area (Å²) in [5, 5.41) is 20.2. The summed E-state index contributed by atoms with van der Waals surface area (Å²) in [6, 6.07) is 0. The van der Waals surface area contributed by atoms with Gasteiger partial charge in [-0.25, -0.2) is 0 Å². The lowest BCUT2D eigenvalue weighted by Gasteiger charge is -2.51. The molecule has 0 saturated heterocycles. The fourth-order valence-electron chi connectivity index (χ4n) is 5.66. The average molecular weight is 411 g/mol. The molecule has 1 aliphatic rings. The van der Waals surface area contributed by atoms with Crippen molar-refractivity contribution in [2.45, 2.75) is 124 Å². The molecule has 1 saturated carbocycles. The summed E-state index contributed by atoms with van der Waals surface area (Å²) in [7, 11) is 0. The minimum absolute atomic E-state index is 0.174. The predicted octanol–water partition coefficient (Wildman–Crippen LogP) is 7.31. The van der Waals surface area contributed by atoms with E-state index in [-0.39, 0.29) is 5.92 Å². The van der Waals surface area contributed by atoms with Crippen molar-refractivity contribution >= 4 is 11.9 Å². The molecule has 4 heteroatoms. The first-order valence-electron chi connectivity index (χ1n) is 12.2.